The molecule has 2 aromatic carbocycles. The van der Waals surface area contributed by atoms with Gasteiger partial charge in [-0.3, -0.25) is 0 Å². The van der Waals surface area contributed by atoms with Gasteiger partial charge < -0.3 is 19.9 Å². The monoisotopic (exact) mass is 434 g/mol. The largest absolute Gasteiger partial charge is 0.497 e. The van der Waals surface area contributed by atoms with E-state index in [9.17, 15) is 13.5 Å². The van der Waals surface area contributed by atoms with Gasteiger partial charge in [-0.1, -0.05) is 25.1 Å². The Labute approximate surface area is 178 Å². The Hall–Kier alpha value is -2.13. The first-order valence-electron chi connectivity index (χ1n) is 10.0. The zero-order valence-electron chi connectivity index (χ0n) is 17.8. The van der Waals surface area contributed by atoms with Crippen LogP contribution >= 0.6 is 0 Å². The molecule has 3 rings (SSSR count). The van der Waals surface area contributed by atoms with E-state index in [0.29, 0.717) is 12.3 Å². The van der Waals surface area contributed by atoms with Gasteiger partial charge in [-0.05, 0) is 49.4 Å². The van der Waals surface area contributed by atoms with Crippen molar-refractivity contribution in [3.63, 3.8) is 0 Å². The molecule has 164 valence electrons. The molecule has 0 spiro atoms. The number of hydrogen-bond acceptors (Lipinski definition) is 6. The van der Waals surface area contributed by atoms with Crippen LogP contribution in [0, 0.1) is 5.92 Å². The highest BCUT2D eigenvalue weighted by Gasteiger charge is 2.37. The number of rotatable bonds is 6. The number of nitrogens with one attached hydrogen (secondary N) is 1. The van der Waals surface area contributed by atoms with Crippen LogP contribution in [0.1, 0.15) is 13.8 Å². The molecule has 1 aliphatic rings. The number of nitrogens with zero attached hydrogens (tertiary/aromatic N) is 1. The molecule has 0 aromatic heterocycles. The fourth-order valence-corrected chi connectivity index (χ4v) is 5.46. The molecule has 0 saturated carbocycles. The average molecular weight is 435 g/mol. The van der Waals surface area contributed by atoms with Crippen LogP contribution in [0.3, 0.4) is 0 Å². The number of benzene rings is 2. The van der Waals surface area contributed by atoms with Crippen LogP contribution in [-0.4, -0.2) is 63.8 Å². The van der Waals surface area contributed by atoms with Gasteiger partial charge in [0.2, 0.25) is 10.0 Å². The lowest BCUT2D eigenvalue weighted by atomic mass is 10.0. The van der Waals surface area contributed by atoms with Crippen molar-refractivity contribution in [3.8, 4) is 22.6 Å². The van der Waals surface area contributed by atoms with E-state index in [1.807, 2.05) is 38.2 Å². The number of hydrogen-bond donors (Lipinski definition) is 2. The summed E-state index contributed by atoms with van der Waals surface area (Å²) in [7, 11) is -0.373. The predicted octanol–water partition coefficient (Wildman–Crippen LogP) is 2.35. The van der Waals surface area contributed by atoms with Gasteiger partial charge in [0.25, 0.3) is 0 Å². The second-order valence-electron chi connectivity index (χ2n) is 7.69. The maximum atomic E-state index is 13.4. The van der Waals surface area contributed by atoms with E-state index >= 15 is 0 Å². The number of likely N-dealkylation sites (N-methyl/N-ethyl adjacent to an activating group) is 1. The minimum Gasteiger partial charge on any atom is -0.497 e. The summed E-state index contributed by atoms with van der Waals surface area (Å²) in [5.74, 6) is 1.00. The van der Waals surface area contributed by atoms with Crippen molar-refractivity contribution in [2.75, 3.05) is 33.9 Å². The Morgan fingerprint density at radius 2 is 1.90 bits per heavy atom. The summed E-state index contributed by atoms with van der Waals surface area (Å²) in [6, 6.07) is 12.2. The zero-order chi connectivity index (χ0) is 21.9. The Kier molecular flexibility index (Phi) is 7.02. The van der Waals surface area contributed by atoms with E-state index in [-0.39, 0.29) is 30.1 Å². The number of ether oxygens (including phenoxy) is 2. The number of aliphatic hydroxyl groups is 1. The number of methoxy groups -OCH3 is 1. The van der Waals surface area contributed by atoms with Crippen LogP contribution < -0.4 is 14.8 Å². The summed E-state index contributed by atoms with van der Waals surface area (Å²) < 4.78 is 39.7. The fraction of sp³-hybridized carbons (Fsp3) is 0.455. The Bertz CT molecular complexity index is 962. The molecule has 0 bridgehead atoms. The maximum Gasteiger partial charge on any atom is 0.247 e. The van der Waals surface area contributed by atoms with E-state index < -0.39 is 16.1 Å². The predicted molar refractivity (Wildman–Crippen MR) is 116 cm³/mol. The van der Waals surface area contributed by atoms with Crippen molar-refractivity contribution in [2.24, 2.45) is 5.92 Å². The molecule has 1 heterocycles. The summed E-state index contributed by atoms with van der Waals surface area (Å²) in [6.45, 7) is 4.28. The van der Waals surface area contributed by atoms with E-state index in [1.54, 1.807) is 32.2 Å². The fourth-order valence-electron chi connectivity index (χ4n) is 3.63. The third kappa shape index (κ3) is 4.46. The molecule has 0 amide bonds. The van der Waals surface area contributed by atoms with Crippen LogP contribution in [0.5, 0.6) is 11.5 Å². The molecule has 8 heteroatoms. The quantitative estimate of drug-likeness (QED) is 0.726. The standard InChI is InChI=1S/C22H30N2O5S/c1-15-13-24(16(2)14-25)30(26,27)22-10-7-18(11-20(22)29-21(15)12-23-3)17-5-8-19(28-4)9-6-17/h5-11,15-16,21,23,25H,12-14H2,1-4H3/t15-,16+,21+/m0/s1. The van der Waals surface area contributed by atoms with Crippen molar-refractivity contribution >= 4 is 10.0 Å². The van der Waals surface area contributed by atoms with Gasteiger partial charge in [0.15, 0.2) is 0 Å². The molecular weight excluding hydrogens is 404 g/mol. The third-order valence-electron chi connectivity index (χ3n) is 5.50. The van der Waals surface area contributed by atoms with Crippen LogP contribution in [0.4, 0.5) is 0 Å². The second-order valence-corrected chi connectivity index (χ2v) is 9.55. The molecule has 0 unspecified atom stereocenters. The molecule has 2 aromatic rings. The van der Waals surface area contributed by atoms with E-state index in [0.717, 1.165) is 16.9 Å². The van der Waals surface area contributed by atoms with Crippen molar-refractivity contribution in [3.05, 3.63) is 42.5 Å². The number of fused-ring (bicyclic) bond motifs is 1. The topological polar surface area (TPSA) is 88.1 Å². The molecule has 2 N–H and O–H groups in total. The van der Waals surface area contributed by atoms with Crippen molar-refractivity contribution < 1.29 is 23.0 Å². The van der Waals surface area contributed by atoms with Gasteiger partial charge in [-0.2, -0.15) is 4.31 Å². The van der Waals surface area contributed by atoms with Crippen molar-refractivity contribution in [1.29, 1.82) is 0 Å². The van der Waals surface area contributed by atoms with Gasteiger partial charge in [-0.15, -0.1) is 0 Å². The highest BCUT2D eigenvalue weighted by atomic mass is 32.2. The molecule has 0 aliphatic carbocycles. The molecule has 0 fully saturated rings. The summed E-state index contributed by atoms with van der Waals surface area (Å²) in [5.41, 5.74) is 1.78. The maximum absolute atomic E-state index is 13.4. The highest BCUT2D eigenvalue weighted by Crippen LogP contribution is 2.36. The van der Waals surface area contributed by atoms with Crippen molar-refractivity contribution in [2.45, 2.75) is 30.9 Å². The van der Waals surface area contributed by atoms with Crippen LogP contribution in [0.2, 0.25) is 0 Å². The molecule has 30 heavy (non-hydrogen) atoms. The summed E-state index contributed by atoms with van der Waals surface area (Å²) in [5, 5.41) is 12.8. The second kappa shape index (κ2) is 9.34. The smallest absolute Gasteiger partial charge is 0.247 e. The lowest BCUT2D eigenvalue weighted by Gasteiger charge is -2.36. The first kappa shape index (κ1) is 22.6. The summed E-state index contributed by atoms with van der Waals surface area (Å²) >= 11 is 0. The van der Waals surface area contributed by atoms with Crippen molar-refractivity contribution in [1.82, 2.24) is 9.62 Å². The first-order chi connectivity index (χ1) is 14.3. The Balaban J connectivity index is 2.11. The lowest BCUT2D eigenvalue weighted by molar-refractivity contribution is 0.103. The van der Waals surface area contributed by atoms with Crippen LogP contribution in [0.25, 0.3) is 11.1 Å². The van der Waals surface area contributed by atoms with Gasteiger partial charge in [-0.25, -0.2) is 8.42 Å². The molecule has 1 aliphatic heterocycles. The Morgan fingerprint density at radius 1 is 1.23 bits per heavy atom. The van der Waals surface area contributed by atoms with Gasteiger partial charge in [0.05, 0.1) is 13.7 Å². The van der Waals surface area contributed by atoms with E-state index in [1.165, 1.54) is 4.31 Å². The number of sulfonamides is 1. The zero-order valence-corrected chi connectivity index (χ0v) is 18.6. The molecule has 0 saturated heterocycles. The minimum absolute atomic E-state index is 0.0704. The minimum atomic E-state index is -3.83. The van der Waals surface area contributed by atoms with Gasteiger partial charge in [0.1, 0.15) is 22.5 Å². The average Bonchev–Trinajstić information content (AvgIpc) is 2.75. The highest BCUT2D eigenvalue weighted by molar-refractivity contribution is 7.89. The number of aliphatic hydroxyl groups excluding tert-OH is 1. The first-order valence-corrected chi connectivity index (χ1v) is 11.5. The third-order valence-corrected chi connectivity index (χ3v) is 7.52. The van der Waals surface area contributed by atoms with Gasteiger partial charge >= 0.3 is 0 Å². The normalized spacial score (nSPS) is 22.3. The SMILES string of the molecule is CNC[C@H]1Oc2cc(-c3ccc(OC)cc3)ccc2S(=O)(=O)N([C@H](C)CO)C[C@@H]1C. The van der Waals surface area contributed by atoms with Crippen LogP contribution in [0.15, 0.2) is 47.4 Å². The summed E-state index contributed by atoms with van der Waals surface area (Å²) in [4.78, 5) is 0.119. The Morgan fingerprint density at radius 3 is 2.50 bits per heavy atom. The van der Waals surface area contributed by atoms with Crippen LogP contribution in [-0.2, 0) is 10.0 Å². The molecule has 7 nitrogen and oxygen atoms in total. The molecule has 3 atom stereocenters. The van der Waals surface area contributed by atoms with E-state index in [2.05, 4.69) is 5.32 Å². The molecule has 0 radical (unpaired) electrons. The van der Waals surface area contributed by atoms with Gasteiger partial charge in [0, 0.05) is 25.0 Å². The lowest BCUT2D eigenvalue weighted by Crippen LogP contribution is -2.49. The van der Waals surface area contributed by atoms with E-state index in [4.69, 9.17) is 9.47 Å². The molecular formula is C22H30N2O5S. The summed E-state index contributed by atoms with van der Waals surface area (Å²) in [6.07, 6.45) is -0.219.